The molecular weight excluding hydrogens is 202 g/mol. The van der Waals surface area contributed by atoms with Crippen molar-refractivity contribution in [2.24, 2.45) is 0 Å². The second-order valence-corrected chi connectivity index (χ2v) is 4.44. The van der Waals surface area contributed by atoms with E-state index in [9.17, 15) is 14.9 Å². The van der Waals surface area contributed by atoms with Gasteiger partial charge in [-0.25, -0.2) is 0 Å². The highest BCUT2D eigenvalue weighted by Crippen LogP contribution is 2.37. The average molecular weight is 211 g/mol. The molecule has 0 amide bonds. The van der Waals surface area contributed by atoms with Gasteiger partial charge in [0.15, 0.2) is 0 Å². The lowest BCUT2D eigenvalue weighted by atomic mass is 10.1. The molecule has 1 atom stereocenters. The van der Waals surface area contributed by atoms with Crippen LogP contribution in [0, 0.1) is 10.1 Å². The first-order chi connectivity index (χ1) is 6.68. The van der Waals surface area contributed by atoms with E-state index in [0.29, 0.717) is 6.42 Å². The minimum Gasteiger partial charge on any atom is -0.299 e. The minimum atomic E-state index is -0.409. The number of carbonyl (C=O) groups is 1. The van der Waals surface area contributed by atoms with E-state index in [1.54, 1.807) is 6.07 Å². The monoisotopic (exact) mass is 211 g/mol. The molecule has 1 aromatic rings. The van der Waals surface area contributed by atoms with Crippen molar-refractivity contribution in [1.82, 2.24) is 0 Å². The van der Waals surface area contributed by atoms with E-state index < -0.39 is 4.92 Å². The van der Waals surface area contributed by atoms with Crippen molar-refractivity contribution in [2.45, 2.75) is 25.2 Å². The van der Waals surface area contributed by atoms with Gasteiger partial charge in [-0.1, -0.05) is 11.3 Å². The van der Waals surface area contributed by atoms with Crippen LogP contribution >= 0.6 is 11.3 Å². The van der Waals surface area contributed by atoms with Crippen LogP contribution in [0.4, 0.5) is 5.00 Å². The van der Waals surface area contributed by atoms with Crippen LogP contribution in [-0.4, -0.2) is 10.7 Å². The van der Waals surface area contributed by atoms with E-state index >= 15 is 0 Å². The molecule has 14 heavy (non-hydrogen) atoms. The number of hydrogen-bond donors (Lipinski definition) is 0. The lowest BCUT2D eigenvalue weighted by Crippen LogP contribution is -2.01. The molecule has 1 unspecified atom stereocenters. The third-order valence-electron chi connectivity index (χ3n) is 2.44. The van der Waals surface area contributed by atoms with E-state index in [1.165, 1.54) is 6.07 Å². The molecule has 0 bridgehead atoms. The molecule has 0 saturated heterocycles. The number of nitro groups is 1. The van der Waals surface area contributed by atoms with E-state index in [2.05, 4.69) is 0 Å². The summed E-state index contributed by atoms with van der Waals surface area (Å²) < 4.78 is 0. The Bertz CT molecular complexity index is 385. The highest BCUT2D eigenvalue weighted by molar-refractivity contribution is 7.15. The highest BCUT2D eigenvalue weighted by atomic mass is 32.1. The maximum Gasteiger partial charge on any atom is 0.324 e. The average Bonchev–Trinajstić information content (AvgIpc) is 2.71. The topological polar surface area (TPSA) is 60.2 Å². The number of carbonyl (C=O) groups excluding carboxylic acids is 1. The molecule has 4 nitrogen and oxygen atoms in total. The van der Waals surface area contributed by atoms with Gasteiger partial charge in [0.1, 0.15) is 5.78 Å². The fourth-order valence-corrected chi connectivity index (χ4v) is 2.72. The Kier molecular flexibility index (Phi) is 2.33. The molecule has 0 aliphatic heterocycles. The summed E-state index contributed by atoms with van der Waals surface area (Å²) in [4.78, 5) is 22.3. The standard InChI is InChI=1S/C9H9NO3S/c11-7-3-1-2-6(7)8-4-5-9(14-8)10(12)13/h4-6H,1-3H2. The number of Topliss-reactive ketones (excluding diaryl/α,β-unsaturated/α-hetero) is 1. The zero-order chi connectivity index (χ0) is 10.1. The number of hydrogen-bond acceptors (Lipinski definition) is 4. The van der Waals surface area contributed by atoms with Gasteiger partial charge in [-0.2, -0.15) is 0 Å². The molecule has 0 N–H and O–H groups in total. The molecule has 1 aliphatic carbocycles. The van der Waals surface area contributed by atoms with Gasteiger partial charge in [-0.3, -0.25) is 14.9 Å². The highest BCUT2D eigenvalue weighted by Gasteiger charge is 2.28. The second-order valence-electron chi connectivity index (χ2n) is 3.34. The van der Waals surface area contributed by atoms with Gasteiger partial charge in [0.2, 0.25) is 0 Å². The van der Waals surface area contributed by atoms with Crippen molar-refractivity contribution in [3.05, 3.63) is 27.1 Å². The fourth-order valence-electron chi connectivity index (χ4n) is 1.74. The quantitative estimate of drug-likeness (QED) is 0.557. The summed E-state index contributed by atoms with van der Waals surface area (Å²) in [5, 5.41) is 10.6. The van der Waals surface area contributed by atoms with Crippen molar-refractivity contribution >= 4 is 22.1 Å². The maximum atomic E-state index is 11.4. The summed E-state index contributed by atoms with van der Waals surface area (Å²) in [6.07, 6.45) is 2.38. The Morgan fingerprint density at radius 3 is 2.79 bits per heavy atom. The zero-order valence-electron chi connectivity index (χ0n) is 7.43. The third kappa shape index (κ3) is 1.55. The van der Waals surface area contributed by atoms with Crippen LogP contribution in [0.25, 0.3) is 0 Å². The predicted octanol–water partition coefficient (Wildman–Crippen LogP) is 2.49. The normalized spacial score (nSPS) is 21.4. The Morgan fingerprint density at radius 2 is 2.29 bits per heavy atom. The van der Waals surface area contributed by atoms with Gasteiger partial charge >= 0.3 is 5.00 Å². The van der Waals surface area contributed by atoms with E-state index in [-0.39, 0.29) is 16.7 Å². The summed E-state index contributed by atoms with van der Waals surface area (Å²) >= 11 is 1.12. The summed E-state index contributed by atoms with van der Waals surface area (Å²) in [6.45, 7) is 0. The van der Waals surface area contributed by atoms with Crippen molar-refractivity contribution < 1.29 is 9.72 Å². The van der Waals surface area contributed by atoms with Crippen molar-refractivity contribution in [3.8, 4) is 0 Å². The van der Waals surface area contributed by atoms with Crippen molar-refractivity contribution in [2.75, 3.05) is 0 Å². The number of nitrogens with zero attached hydrogens (tertiary/aromatic N) is 1. The fraction of sp³-hybridized carbons (Fsp3) is 0.444. The van der Waals surface area contributed by atoms with Crippen LogP contribution in [0.15, 0.2) is 12.1 Å². The maximum absolute atomic E-state index is 11.4. The molecule has 0 radical (unpaired) electrons. The van der Waals surface area contributed by atoms with Crippen LogP contribution in [0.2, 0.25) is 0 Å². The van der Waals surface area contributed by atoms with E-state index in [0.717, 1.165) is 29.1 Å². The van der Waals surface area contributed by atoms with E-state index in [1.807, 2.05) is 0 Å². The molecule has 0 spiro atoms. The van der Waals surface area contributed by atoms with Crippen LogP contribution in [0.1, 0.15) is 30.1 Å². The molecule has 1 aromatic heterocycles. The zero-order valence-corrected chi connectivity index (χ0v) is 8.25. The summed E-state index contributed by atoms with van der Waals surface area (Å²) in [5.41, 5.74) is 0. The first kappa shape index (κ1) is 9.33. The summed E-state index contributed by atoms with van der Waals surface area (Å²) in [5.74, 6) is 0.149. The SMILES string of the molecule is O=C1CCCC1c1ccc([N+](=O)[O-])s1. The van der Waals surface area contributed by atoms with Crippen LogP contribution < -0.4 is 0 Å². The predicted molar refractivity (Wildman–Crippen MR) is 52.6 cm³/mol. The molecule has 1 saturated carbocycles. The minimum absolute atomic E-state index is 0.0753. The Morgan fingerprint density at radius 1 is 1.50 bits per heavy atom. The summed E-state index contributed by atoms with van der Waals surface area (Å²) in [6, 6.07) is 3.18. The smallest absolute Gasteiger partial charge is 0.299 e. The first-order valence-corrected chi connectivity index (χ1v) is 5.27. The number of rotatable bonds is 2. The molecule has 1 fully saturated rings. The molecule has 1 heterocycles. The lowest BCUT2D eigenvalue weighted by molar-refractivity contribution is -0.380. The van der Waals surface area contributed by atoms with Crippen LogP contribution in [0.3, 0.4) is 0 Å². The molecular formula is C9H9NO3S. The first-order valence-electron chi connectivity index (χ1n) is 4.45. The van der Waals surface area contributed by atoms with Gasteiger partial charge in [-0.15, -0.1) is 0 Å². The third-order valence-corrected chi connectivity index (χ3v) is 3.59. The van der Waals surface area contributed by atoms with Crippen molar-refractivity contribution in [1.29, 1.82) is 0 Å². The molecule has 2 rings (SSSR count). The molecule has 1 aliphatic rings. The van der Waals surface area contributed by atoms with Crippen molar-refractivity contribution in [3.63, 3.8) is 0 Å². The largest absolute Gasteiger partial charge is 0.324 e. The van der Waals surface area contributed by atoms with Crippen LogP contribution in [0.5, 0.6) is 0 Å². The number of ketones is 1. The van der Waals surface area contributed by atoms with Gasteiger partial charge in [-0.05, 0) is 18.9 Å². The van der Waals surface area contributed by atoms with Gasteiger partial charge in [0.05, 0.1) is 10.8 Å². The molecule has 5 heteroatoms. The van der Waals surface area contributed by atoms with Gasteiger partial charge in [0.25, 0.3) is 0 Å². The Labute approximate surface area is 84.7 Å². The number of thiophene rings is 1. The summed E-state index contributed by atoms with van der Waals surface area (Å²) in [7, 11) is 0. The van der Waals surface area contributed by atoms with Crippen LogP contribution in [-0.2, 0) is 4.79 Å². The van der Waals surface area contributed by atoms with Gasteiger partial charge < -0.3 is 0 Å². The lowest BCUT2D eigenvalue weighted by Gasteiger charge is -2.01. The Balaban J connectivity index is 2.24. The Hall–Kier alpha value is -1.23. The second kappa shape index (κ2) is 3.49. The van der Waals surface area contributed by atoms with E-state index in [4.69, 9.17) is 0 Å². The van der Waals surface area contributed by atoms with Gasteiger partial charge in [0, 0.05) is 17.4 Å². The molecule has 74 valence electrons. The molecule has 0 aromatic carbocycles.